The molecule has 0 amide bonds. The maximum atomic E-state index is 6.10. The largest absolute Gasteiger partial charge is 0.497 e. The number of hydrogen-bond donors (Lipinski definition) is 1. The average Bonchev–Trinajstić information content (AvgIpc) is 3.36. The van der Waals surface area contributed by atoms with Crippen LogP contribution in [0.2, 0.25) is 5.02 Å². The molecular formula is C29H25ClN4O. The maximum Gasteiger partial charge on any atom is 0.118 e. The Morgan fingerprint density at radius 1 is 0.914 bits per heavy atom. The van der Waals surface area contributed by atoms with Gasteiger partial charge in [-0.1, -0.05) is 66.2 Å². The number of halogens is 1. The van der Waals surface area contributed by atoms with E-state index >= 15 is 0 Å². The van der Waals surface area contributed by atoms with Crippen molar-refractivity contribution < 1.29 is 4.74 Å². The third-order valence-electron chi connectivity index (χ3n) is 5.93. The molecule has 0 bridgehead atoms. The number of anilines is 2. The summed E-state index contributed by atoms with van der Waals surface area (Å²) in [6, 6.07) is 34.3. The molecule has 5 nitrogen and oxygen atoms in total. The number of benzene rings is 4. The molecule has 0 aromatic heterocycles. The summed E-state index contributed by atoms with van der Waals surface area (Å²) in [5.41, 5.74) is 9.29. The van der Waals surface area contributed by atoms with Crippen LogP contribution in [-0.2, 0) is 0 Å². The van der Waals surface area contributed by atoms with E-state index in [0.717, 1.165) is 45.4 Å². The average molecular weight is 481 g/mol. The second-order valence-electron chi connectivity index (χ2n) is 8.22. The molecule has 35 heavy (non-hydrogen) atoms. The van der Waals surface area contributed by atoms with Gasteiger partial charge >= 0.3 is 0 Å². The standard InChI is InChI=1S/C29H25ClN4O/c1-35-27-17-11-23(12-18-27)29-19-28(22-9-13-24(30)14-10-22)33-34(29)26-15-7-21(8-16-26)20-31-32-25-5-3-2-4-6-25/h2-18,20,29,32H,19H2,1H3/t29-/m0/s1. The smallest absolute Gasteiger partial charge is 0.118 e. The van der Waals surface area contributed by atoms with E-state index in [-0.39, 0.29) is 6.04 Å². The monoisotopic (exact) mass is 480 g/mol. The van der Waals surface area contributed by atoms with Crippen molar-refractivity contribution in [1.29, 1.82) is 0 Å². The lowest BCUT2D eigenvalue weighted by Crippen LogP contribution is -2.18. The van der Waals surface area contributed by atoms with Gasteiger partial charge in [0.1, 0.15) is 5.75 Å². The zero-order valence-electron chi connectivity index (χ0n) is 19.3. The van der Waals surface area contributed by atoms with E-state index in [0.29, 0.717) is 0 Å². The molecule has 0 unspecified atom stereocenters. The first kappa shape index (κ1) is 22.7. The van der Waals surface area contributed by atoms with Gasteiger partial charge < -0.3 is 4.74 Å². The zero-order chi connectivity index (χ0) is 24.0. The van der Waals surface area contributed by atoms with E-state index in [1.165, 1.54) is 5.56 Å². The molecule has 0 fully saturated rings. The van der Waals surface area contributed by atoms with E-state index < -0.39 is 0 Å². The van der Waals surface area contributed by atoms with Gasteiger partial charge in [0, 0.05) is 11.4 Å². The van der Waals surface area contributed by atoms with Gasteiger partial charge in [0.15, 0.2) is 0 Å². The number of methoxy groups -OCH3 is 1. The van der Waals surface area contributed by atoms with Crippen LogP contribution >= 0.6 is 11.6 Å². The van der Waals surface area contributed by atoms with Gasteiger partial charge in [-0.3, -0.25) is 10.4 Å². The van der Waals surface area contributed by atoms with E-state index in [1.807, 2.05) is 85.1 Å². The molecule has 0 radical (unpaired) electrons. The van der Waals surface area contributed by atoms with Gasteiger partial charge in [0.2, 0.25) is 0 Å². The minimum absolute atomic E-state index is 0.0749. The van der Waals surface area contributed by atoms with Gasteiger partial charge in [-0.15, -0.1) is 0 Å². The first-order valence-corrected chi connectivity index (χ1v) is 11.8. The zero-order valence-corrected chi connectivity index (χ0v) is 20.1. The van der Waals surface area contributed by atoms with Crippen molar-refractivity contribution >= 4 is 34.9 Å². The van der Waals surface area contributed by atoms with Gasteiger partial charge in [0.25, 0.3) is 0 Å². The number of hydrogen-bond acceptors (Lipinski definition) is 5. The highest BCUT2D eigenvalue weighted by atomic mass is 35.5. The minimum Gasteiger partial charge on any atom is -0.497 e. The van der Waals surface area contributed by atoms with Crippen LogP contribution in [0.1, 0.15) is 29.2 Å². The van der Waals surface area contributed by atoms with Crippen molar-refractivity contribution in [3.05, 3.63) is 125 Å². The molecule has 0 saturated heterocycles. The molecule has 1 N–H and O–H groups in total. The highest BCUT2D eigenvalue weighted by molar-refractivity contribution is 6.30. The number of ether oxygens (including phenoxy) is 1. The number of nitrogens with zero attached hydrogens (tertiary/aromatic N) is 3. The SMILES string of the molecule is COc1ccc([C@@H]2CC(c3ccc(Cl)cc3)=NN2c2ccc(C=NNc3ccccc3)cc2)cc1. The van der Waals surface area contributed by atoms with E-state index in [2.05, 4.69) is 39.8 Å². The predicted molar refractivity (Wildman–Crippen MR) is 145 cm³/mol. The predicted octanol–water partition coefficient (Wildman–Crippen LogP) is 7.15. The fraction of sp³-hybridized carbons (Fsp3) is 0.103. The lowest BCUT2D eigenvalue weighted by molar-refractivity contribution is 0.414. The third kappa shape index (κ3) is 5.36. The lowest BCUT2D eigenvalue weighted by Gasteiger charge is -2.24. The number of hydrazone groups is 2. The summed E-state index contributed by atoms with van der Waals surface area (Å²) >= 11 is 6.10. The first-order chi connectivity index (χ1) is 17.2. The molecule has 6 heteroatoms. The summed E-state index contributed by atoms with van der Waals surface area (Å²) in [6.07, 6.45) is 2.60. The second-order valence-corrected chi connectivity index (χ2v) is 8.66. The Hall–Kier alpha value is -4.09. The van der Waals surface area contributed by atoms with Crippen LogP contribution in [0.3, 0.4) is 0 Å². The maximum absolute atomic E-state index is 6.10. The van der Waals surface area contributed by atoms with Crippen molar-refractivity contribution in [2.24, 2.45) is 10.2 Å². The van der Waals surface area contributed by atoms with Crippen molar-refractivity contribution in [2.75, 3.05) is 17.5 Å². The first-order valence-electron chi connectivity index (χ1n) is 11.4. The van der Waals surface area contributed by atoms with Gasteiger partial charge in [-0.05, 0) is 65.2 Å². The van der Waals surface area contributed by atoms with Gasteiger partial charge in [0.05, 0.1) is 36.5 Å². The summed E-state index contributed by atoms with van der Waals surface area (Å²) in [5, 5.41) is 12.2. The normalized spacial score (nSPS) is 15.3. The Morgan fingerprint density at radius 2 is 1.63 bits per heavy atom. The minimum atomic E-state index is 0.0749. The fourth-order valence-corrected chi connectivity index (χ4v) is 4.18. The molecule has 4 aromatic rings. The topological polar surface area (TPSA) is 49.2 Å². The molecule has 1 atom stereocenters. The molecule has 174 valence electrons. The number of rotatable bonds is 7. The molecule has 1 aliphatic heterocycles. The number of nitrogens with one attached hydrogen (secondary N) is 1. The summed E-state index contributed by atoms with van der Waals surface area (Å²) < 4.78 is 5.35. The third-order valence-corrected chi connectivity index (χ3v) is 6.18. The summed E-state index contributed by atoms with van der Waals surface area (Å²) in [7, 11) is 1.68. The Kier molecular flexibility index (Phi) is 6.77. The molecule has 0 saturated carbocycles. The summed E-state index contributed by atoms with van der Waals surface area (Å²) in [4.78, 5) is 0. The Balaban J connectivity index is 1.39. The van der Waals surface area contributed by atoms with Crippen LogP contribution in [0.4, 0.5) is 11.4 Å². The van der Waals surface area contributed by atoms with Crippen molar-refractivity contribution in [1.82, 2.24) is 0 Å². The summed E-state index contributed by atoms with van der Waals surface area (Å²) in [5.74, 6) is 0.838. The molecule has 0 aliphatic carbocycles. The van der Waals surface area contributed by atoms with Crippen LogP contribution < -0.4 is 15.2 Å². The molecule has 0 spiro atoms. The van der Waals surface area contributed by atoms with Crippen molar-refractivity contribution in [3.63, 3.8) is 0 Å². The van der Waals surface area contributed by atoms with Crippen LogP contribution in [-0.4, -0.2) is 19.0 Å². The molecule has 1 heterocycles. The highest BCUT2D eigenvalue weighted by Gasteiger charge is 2.30. The Bertz CT molecular complexity index is 1320. The van der Waals surface area contributed by atoms with Crippen LogP contribution in [0.25, 0.3) is 0 Å². The van der Waals surface area contributed by atoms with E-state index in [4.69, 9.17) is 21.4 Å². The molecule has 4 aromatic carbocycles. The van der Waals surface area contributed by atoms with E-state index in [9.17, 15) is 0 Å². The van der Waals surface area contributed by atoms with Crippen LogP contribution in [0, 0.1) is 0 Å². The Labute approximate surface area is 210 Å². The Morgan fingerprint density at radius 3 is 2.31 bits per heavy atom. The van der Waals surface area contributed by atoms with Crippen molar-refractivity contribution in [2.45, 2.75) is 12.5 Å². The molecule has 5 rings (SSSR count). The van der Waals surface area contributed by atoms with Gasteiger partial charge in [-0.25, -0.2) is 0 Å². The lowest BCUT2D eigenvalue weighted by atomic mass is 9.98. The van der Waals surface area contributed by atoms with Crippen LogP contribution in [0.15, 0.2) is 113 Å². The van der Waals surface area contributed by atoms with Crippen LogP contribution in [0.5, 0.6) is 5.75 Å². The second kappa shape index (κ2) is 10.5. The highest BCUT2D eigenvalue weighted by Crippen LogP contribution is 2.37. The fourth-order valence-electron chi connectivity index (χ4n) is 4.06. The summed E-state index contributed by atoms with van der Waals surface area (Å²) in [6.45, 7) is 0. The van der Waals surface area contributed by atoms with Gasteiger partial charge in [-0.2, -0.15) is 10.2 Å². The number of para-hydroxylation sites is 1. The molecular weight excluding hydrogens is 456 g/mol. The molecule has 1 aliphatic rings. The quantitative estimate of drug-likeness (QED) is 0.226. The van der Waals surface area contributed by atoms with E-state index in [1.54, 1.807) is 7.11 Å². The van der Waals surface area contributed by atoms with Crippen molar-refractivity contribution in [3.8, 4) is 5.75 Å².